The zero-order valence-corrected chi connectivity index (χ0v) is 12.5. The van der Waals surface area contributed by atoms with Gasteiger partial charge in [0.2, 0.25) is 5.91 Å². The predicted octanol–water partition coefficient (Wildman–Crippen LogP) is 3.27. The number of hydrogen-bond donors (Lipinski definition) is 2. The molecule has 1 aliphatic carbocycles. The van der Waals surface area contributed by atoms with Crippen molar-refractivity contribution in [2.24, 2.45) is 5.92 Å². The van der Waals surface area contributed by atoms with Crippen LogP contribution >= 0.6 is 11.8 Å². The Labute approximate surface area is 124 Å². The van der Waals surface area contributed by atoms with E-state index in [9.17, 15) is 4.79 Å². The fourth-order valence-electron chi connectivity index (χ4n) is 2.78. The van der Waals surface area contributed by atoms with Crippen LogP contribution in [-0.2, 0) is 4.79 Å². The van der Waals surface area contributed by atoms with Gasteiger partial charge in [0, 0.05) is 22.3 Å². The monoisotopic (exact) mass is 290 g/mol. The van der Waals surface area contributed by atoms with Crippen molar-refractivity contribution in [2.75, 3.05) is 18.4 Å². The number of hydrogen-bond acceptors (Lipinski definition) is 3. The number of thioether (sulfide) groups is 1. The highest BCUT2D eigenvalue weighted by Gasteiger charge is 2.20. The highest BCUT2D eigenvalue weighted by atomic mass is 32.2. The minimum atomic E-state index is 0.132. The van der Waals surface area contributed by atoms with E-state index in [4.69, 9.17) is 0 Å². The molecular formula is C16H22N2OS. The number of nitrogens with one attached hydrogen (secondary N) is 2. The Balaban J connectivity index is 1.48. The second kappa shape index (κ2) is 6.64. The van der Waals surface area contributed by atoms with Crippen LogP contribution in [-0.4, -0.2) is 24.2 Å². The molecule has 0 bridgehead atoms. The minimum absolute atomic E-state index is 0.132. The van der Waals surface area contributed by atoms with Crippen molar-refractivity contribution >= 4 is 23.4 Å². The van der Waals surface area contributed by atoms with Crippen LogP contribution in [0.15, 0.2) is 29.2 Å². The van der Waals surface area contributed by atoms with E-state index in [2.05, 4.69) is 22.8 Å². The molecule has 3 nitrogen and oxygen atoms in total. The van der Waals surface area contributed by atoms with E-state index in [1.54, 1.807) is 0 Å². The maximum atomic E-state index is 11.8. The zero-order valence-electron chi connectivity index (χ0n) is 11.7. The van der Waals surface area contributed by atoms with Crippen LogP contribution in [0.2, 0.25) is 0 Å². The van der Waals surface area contributed by atoms with Gasteiger partial charge in [0.1, 0.15) is 0 Å². The molecule has 1 amide bonds. The highest BCUT2D eigenvalue weighted by Crippen LogP contribution is 2.34. The fourth-order valence-corrected chi connectivity index (χ4v) is 4.03. The van der Waals surface area contributed by atoms with Crippen molar-refractivity contribution in [3.63, 3.8) is 0 Å². The lowest BCUT2D eigenvalue weighted by atomic mass is 9.99. The standard InChI is InChI=1S/C16H22N2OS/c19-16(9-12-10-17-11-12)18-13-5-7-15(8-6-13)20-14-3-1-2-4-14/h5-8,12,14,17H,1-4,9-11H2,(H,18,19). The minimum Gasteiger partial charge on any atom is -0.326 e. The molecule has 2 fully saturated rings. The third-order valence-electron chi connectivity index (χ3n) is 4.08. The first-order valence-corrected chi connectivity index (χ1v) is 8.45. The molecule has 0 spiro atoms. The highest BCUT2D eigenvalue weighted by molar-refractivity contribution is 8.00. The van der Waals surface area contributed by atoms with Gasteiger partial charge in [-0.1, -0.05) is 12.8 Å². The van der Waals surface area contributed by atoms with Crippen LogP contribution < -0.4 is 10.6 Å². The Hall–Kier alpha value is -1.00. The van der Waals surface area contributed by atoms with Crippen molar-refractivity contribution in [2.45, 2.75) is 42.2 Å². The van der Waals surface area contributed by atoms with Crippen LogP contribution in [0.1, 0.15) is 32.1 Å². The molecule has 1 aromatic rings. The van der Waals surface area contributed by atoms with Gasteiger partial charge in [0.15, 0.2) is 0 Å². The average Bonchev–Trinajstić information content (AvgIpc) is 2.89. The zero-order chi connectivity index (χ0) is 13.8. The van der Waals surface area contributed by atoms with E-state index < -0.39 is 0 Å². The molecule has 4 heteroatoms. The van der Waals surface area contributed by atoms with Crippen molar-refractivity contribution in [1.29, 1.82) is 0 Å². The molecule has 0 unspecified atom stereocenters. The number of carbonyl (C=O) groups is 1. The first kappa shape index (κ1) is 14.0. The Morgan fingerprint density at radius 1 is 1.20 bits per heavy atom. The van der Waals surface area contributed by atoms with Crippen molar-refractivity contribution < 1.29 is 4.79 Å². The number of rotatable bonds is 5. The molecule has 1 saturated heterocycles. The van der Waals surface area contributed by atoms with Gasteiger partial charge in [-0.05, 0) is 56.1 Å². The summed E-state index contributed by atoms with van der Waals surface area (Å²) < 4.78 is 0. The van der Waals surface area contributed by atoms with Gasteiger partial charge >= 0.3 is 0 Å². The molecule has 20 heavy (non-hydrogen) atoms. The van der Waals surface area contributed by atoms with Crippen molar-refractivity contribution in [3.05, 3.63) is 24.3 Å². The molecule has 0 aromatic heterocycles. The Morgan fingerprint density at radius 2 is 1.90 bits per heavy atom. The van der Waals surface area contributed by atoms with Gasteiger partial charge < -0.3 is 10.6 Å². The summed E-state index contributed by atoms with van der Waals surface area (Å²) in [6.07, 6.45) is 6.08. The van der Waals surface area contributed by atoms with Gasteiger partial charge in [0.05, 0.1) is 0 Å². The van der Waals surface area contributed by atoms with E-state index in [-0.39, 0.29) is 5.91 Å². The molecule has 1 saturated carbocycles. The maximum absolute atomic E-state index is 11.8. The predicted molar refractivity (Wildman–Crippen MR) is 84.2 cm³/mol. The molecule has 0 radical (unpaired) electrons. The lowest BCUT2D eigenvalue weighted by Crippen LogP contribution is -2.43. The molecule has 1 aliphatic heterocycles. The summed E-state index contributed by atoms with van der Waals surface area (Å²) in [5.74, 6) is 0.653. The van der Waals surface area contributed by atoms with Gasteiger partial charge in [0.25, 0.3) is 0 Å². The van der Waals surface area contributed by atoms with E-state index in [1.807, 2.05) is 23.9 Å². The van der Waals surface area contributed by atoms with Gasteiger partial charge in [-0.3, -0.25) is 4.79 Å². The van der Waals surface area contributed by atoms with Gasteiger partial charge in [-0.25, -0.2) is 0 Å². The first-order chi connectivity index (χ1) is 9.79. The molecule has 108 valence electrons. The summed E-state index contributed by atoms with van der Waals surface area (Å²) in [5, 5.41) is 6.97. The summed E-state index contributed by atoms with van der Waals surface area (Å²) in [6.45, 7) is 1.95. The van der Waals surface area contributed by atoms with E-state index >= 15 is 0 Å². The fraction of sp³-hybridized carbons (Fsp3) is 0.562. The number of carbonyl (C=O) groups excluding carboxylic acids is 1. The van der Waals surface area contributed by atoms with Crippen LogP contribution in [0, 0.1) is 5.92 Å². The van der Waals surface area contributed by atoms with E-state index in [0.717, 1.165) is 24.0 Å². The molecule has 1 heterocycles. The molecule has 3 rings (SSSR count). The molecule has 2 N–H and O–H groups in total. The molecule has 1 aromatic carbocycles. The topological polar surface area (TPSA) is 41.1 Å². The Bertz CT molecular complexity index is 450. The summed E-state index contributed by atoms with van der Waals surface area (Å²) >= 11 is 1.98. The first-order valence-electron chi connectivity index (χ1n) is 7.57. The summed E-state index contributed by atoms with van der Waals surface area (Å²) in [4.78, 5) is 13.2. The van der Waals surface area contributed by atoms with Crippen LogP contribution in [0.3, 0.4) is 0 Å². The third kappa shape index (κ3) is 3.76. The third-order valence-corrected chi connectivity index (χ3v) is 5.43. The lowest BCUT2D eigenvalue weighted by molar-refractivity contribution is -0.117. The normalized spacial score (nSPS) is 19.8. The average molecular weight is 290 g/mol. The Morgan fingerprint density at radius 3 is 2.50 bits per heavy atom. The van der Waals surface area contributed by atoms with Crippen LogP contribution in [0.4, 0.5) is 5.69 Å². The van der Waals surface area contributed by atoms with E-state index in [1.165, 1.54) is 30.6 Å². The largest absolute Gasteiger partial charge is 0.326 e. The molecule has 0 atom stereocenters. The van der Waals surface area contributed by atoms with Crippen molar-refractivity contribution in [3.8, 4) is 0 Å². The second-order valence-corrected chi connectivity index (χ2v) is 7.20. The van der Waals surface area contributed by atoms with Gasteiger partial charge in [-0.15, -0.1) is 11.8 Å². The molecule has 2 aliphatic rings. The number of anilines is 1. The van der Waals surface area contributed by atoms with Crippen LogP contribution in [0.25, 0.3) is 0 Å². The SMILES string of the molecule is O=C(CC1CNC1)Nc1ccc(SC2CCCC2)cc1. The summed E-state index contributed by atoms with van der Waals surface area (Å²) in [6, 6.07) is 8.30. The smallest absolute Gasteiger partial charge is 0.224 e. The summed E-state index contributed by atoms with van der Waals surface area (Å²) in [5.41, 5.74) is 0.915. The van der Waals surface area contributed by atoms with Crippen LogP contribution in [0.5, 0.6) is 0 Å². The maximum Gasteiger partial charge on any atom is 0.224 e. The van der Waals surface area contributed by atoms with E-state index in [0.29, 0.717) is 12.3 Å². The Kier molecular flexibility index (Phi) is 4.63. The van der Waals surface area contributed by atoms with Crippen molar-refractivity contribution in [1.82, 2.24) is 5.32 Å². The van der Waals surface area contributed by atoms with Gasteiger partial charge in [-0.2, -0.15) is 0 Å². The quantitative estimate of drug-likeness (QED) is 0.874. The number of benzene rings is 1. The number of amides is 1. The summed E-state index contributed by atoms with van der Waals surface area (Å²) in [7, 11) is 0. The second-order valence-electron chi connectivity index (χ2n) is 5.83. The lowest BCUT2D eigenvalue weighted by Gasteiger charge is -2.26. The molecular weight excluding hydrogens is 268 g/mol.